The highest BCUT2D eigenvalue weighted by atomic mass is 19.2. The molecule has 7 aromatic rings. The minimum atomic E-state index is -2.40. The van der Waals surface area contributed by atoms with E-state index in [4.69, 9.17) is 24.2 Å². The standard InChI is InChI=1S/C62H55F5N4O15/c63-46-45(47(64)49(66)50(67)48(46)65)44-36-19-17-34(70-36)42(25-3-9-28(10-4-25)61-58(82)55(79)52(76)39(22-73)85-61)32-15-13-30(68-32)41(24-1-7-27(8-2-24)60-57(81)54(78)51(75)38(21-72)84-60)31-14-16-33(69-31)43(35-18-20-37(44)71-35)26-5-11-29(12-6-26)62-59(83)56(80)53(77)40(23-74)86-62/h1-20,38-40,51-62,68,71-83H,21-23H2/t38-,39-,40-,51+,52+,53+,54+,55+,56+,57-,58-,59-,60+,61+,62+/m1/s1. The van der Waals surface area contributed by atoms with E-state index in [9.17, 15) is 65.7 Å². The number of halogens is 5. The molecule has 8 heterocycles. The van der Waals surface area contributed by atoms with Gasteiger partial charge in [0.2, 0.25) is 5.82 Å². The molecule has 4 aromatic carbocycles. The van der Waals surface area contributed by atoms with Crippen molar-refractivity contribution in [3.8, 4) is 44.5 Å². The average molecular weight is 1190 g/mol. The maximum Gasteiger partial charge on any atom is 0.200 e. The van der Waals surface area contributed by atoms with Crippen LogP contribution in [0.4, 0.5) is 22.0 Å². The zero-order chi connectivity index (χ0) is 60.7. The van der Waals surface area contributed by atoms with Crippen LogP contribution in [0, 0.1) is 29.1 Å². The van der Waals surface area contributed by atoms with Gasteiger partial charge in [-0.1, -0.05) is 72.8 Å². The molecule has 19 nitrogen and oxygen atoms in total. The second-order valence-corrected chi connectivity index (χ2v) is 21.6. The normalized spacial score (nSPS) is 28.3. The van der Waals surface area contributed by atoms with Gasteiger partial charge in [0.05, 0.1) is 48.2 Å². The van der Waals surface area contributed by atoms with Crippen molar-refractivity contribution >= 4 is 46.4 Å². The molecule has 0 unspecified atom stereocenters. The smallest absolute Gasteiger partial charge is 0.200 e. The highest BCUT2D eigenvalue weighted by molar-refractivity contribution is 6.00. The summed E-state index contributed by atoms with van der Waals surface area (Å²) >= 11 is 0. The van der Waals surface area contributed by atoms with Crippen molar-refractivity contribution in [2.45, 2.75) is 91.6 Å². The molecule has 3 saturated heterocycles. The summed E-state index contributed by atoms with van der Waals surface area (Å²) in [5, 5.41) is 126. The Morgan fingerprint density at radius 2 is 0.570 bits per heavy atom. The Bertz CT molecular complexity index is 3870. The molecule has 0 aliphatic carbocycles. The lowest BCUT2D eigenvalue weighted by atomic mass is 9.90. The molecule has 3 fully saturated rings. The molecule has 0 radical (unpaired) electrons. The van der Waals surface area contributed by atoms with Crippen LogP contribution in [0.1, 0.15) is 57.8 Å². The predicted octanol–water partition coefficient (Wildman–Crippen LogP) is 4.56. The number of aromatic nitrogens is 4. The lowest BCUT2D eigenvalue weighted by molar-refractivity contribution is -0.231. The minimum Gasteiger partial charge on any atom is -0.394 e. The SMILES string of the molecule is OC[C@H]1O[C@@H](c2ccc(-c3c4nc(c(-c5ccc([C@@H]6O[C@H](CO)[C@H](O)[C@H](O)[C@H]6O)cc5)c5ccc([nH]5)c(-c5c(F)c(F)c(F)c(F)c5F)c5nc(c(-c6ccc([C@@H]7O[C@H](CO)[C@H](O)[C@H](O)[C@H]7O)cc6)c6ccc3[nH]6)C=C5)C=C4)cc2)[C@H](O)[C@@H](O)[C@H]1O. The van der Waals surface area contributed by atoms with Crippen LogP contribution in [-0.2, 0) is 14.2 Å². The highest BCUT2D eigenvalue weighted by Crippen LogP contribution is 2.43. The van der Waals surface area contributed by atoms with Crippen LogP contribution in [0.15, 0.2) is 97.1 Å². The van der Waals surface area contributed by atoms with Crippen molar-refractivity contribution in [3.05, 3.63) is 166 Å². The summed E-state index contributed by atoms with van der Waals surface area (Å²) in [5.74, 6) is -11.2. The van der Waals surface area contributed by atoms with E-state index < -0.39 is 152 Å². The Labute approximate surface area is 483 Å². The zero-order valence-electron chi connectivity index (χ0n) is 44.7. The van der Waals surface area contributed by atoms with E-state index in [2.05, 4.69) is 9.97 Å². The van der Waals surface area contributed by atoms with Crippen LogP contribution in [0.5, 0.6) is 0 Å². The fourth-order valence-electron chi connectivity index (χ4n) is 11.9. The number of rotatable bonds is 10. The van der Waals surface area contributed by atoms with Crippen LogP contribution in [0.3, 0.4) is 0 Å². The molecule has 0 spiro atoms. The number of aromatic amines is 2. The molecule has 5 aliphatic heterocycles. The van der Waals surface area contributed by atoms with Crippen LogP contribution in [0.2, 0.25) is 0 Å². The van der Waals surface area contributed by atoms with Gasteiger partial charge in [-0.05, 0) is 82.0 Å². The number of hydrogen-bond donors (Lipinski definition) is 14. The number of aliphatic hydroxyl groups excluding tert-OH is 12. The van der Waals surface area contributed by atoms with E-state index in [0.717, 1.165) is 0 Å². The lowest BCUT2D eigenvalue weighted by Gasteiger charge is -2.40. The Kier molecular flexibility index (Phi) is 16.0. The highest BCUT2D eigenvalue weighted by Gasteiger charge is 2.46. The second kappa shape index (κ2) is 23.3. The number of nitrogens with zero attached hydrogens (tertiary/aromatic N) is 2. The molecule has 14 N–H and O–H groups in total. The molecule has 3 aromatic heterocycles. The van der Waals surface area contributed by atoms with Gasteiger partial charge < -0.3 is 85.5 Å². The summed E-state index contributed by atoms with van der Waals surface area (Å²) < 4.78 is 95.9. The first kappa shape index (κ1) is 58.9. The van der Waals surface area contributed by atoms with E-state index >= 15 is 17.6 Å². The molecule has 0 amide bonds. The van der Waals surface area contributed by atoms with Gasteiger partial charge in [0.1, 0.15) is 91.6 Å². The first-order valence-corrected chi connectivity index (χ1v) is 27.2. The summed E-state index contributed by atoms with van der Waals surface area (Å²) in [4.78, 5) is 16.6. The van der Waals surface area contributed by atoms with Gasteiger partial charge >= 0.3 is 0 Å². The van der Waals surface area contributed by atoms with Crippen LogP contribution >= 0.6 is 0 Å². The van der Waals surface area contributed by atoms with Crippen molar-refractivity contribution < 1.29 is 97.4 Å². The van der Waals surface area contributed by atoms with Gasteiger partial charge in [-0.25, -0.2) is 31.9 Å². The van der Waals surface area contributed by atoms with Gasteiger partial charge in [-0.3, -0.25) is 0 Å². The van der Waals surface area contributed by atoms with Gasteiger partial charge in [0, 0.05) is 44.3 Å². The summed E-state index contributed by atoms with van der Waals surface area (Å²) in [5.41, 5.74) is 2.69. The lowest BCUT2D eigenvalue weighted by Crippen LogP contribution is -2.55. The second-order valence-electron chi connectivity index (χ2n) is 21.6. The molecule has 448 valence electrons. The Morgan fingerprint density at radius 1 is 0.314 bits per heavy atom. The van der Waals surface area contributed by atoms with Crippen molar-refractivity contribution in [2.75, 3.05) is 19.8 Å². The van der Waals surface area contributed by atoms with Crippen LogP contribution in [-0.4, -0.2) is 174 Å². The summed E-state index contributed by atoms with van der Waals surface area (Å²) in [6, 6.07) is 25.5. The number of H-pyrrole nitrogens is 2. The predicted molar refractivity (Wildman–Crippen MR) is 299 cm³/mol. The summed E-state index contributed by atoms with van der Waals surface area (Å²) in [6.45, 7) is -2.02. The number of aliphatic hydroxyl groups is 12. The average Bonchev–Trinajstić information content (AvgIpc) is 1.74. The molecule has 8 bridgehead atoms. The number of hydrogen-bond acceptors (Lipinski definition) is 17. The van der Waals surface area contributed by atoms with Crippen molar-refractivity contribution in [1.29, 1.82) is 0 Å². The number of ether oxygens (including phenoxy) is 3. The molecule has 0 saturated carbocycles. The fourth-order valence-corrected chi connectivity index (χ4v) is 11.9. The third-order valence-corrected chi connectivity index (χ3v) is 16.5. The molecule has 24 heteroatoms. The zero-order valence-corrected chi connectivity index (χ0v) is 44.7. The van der Waals surface area contributed by atoms with Gasteiger partial charge in [0.15, 0.2) is 23.3 Å². The van der Waals surface area contributed by atoms with Gasteiger partial charge in [-0.2, -0.15) is 0 Å². The van der Waals surface area contributed by atoms with E-state index in [1.807, 2.05) is 0 Å². The maximum atomic E-state index is 16.4. The largest absolute Gasteiger partial charge is 0.394 e. The molecule has 5 aliphatic rings. The Balaban J connectivity index is 1.12. The van der Waals surface area contributed by atoms with Crippen molar-refractivity contribution in [2.24, 2.45) is 0 Å². The molecular formula is C62H55F5N4O15. The number of nitrogens with one attached hydrogen (secondary N) is 2. The quantitative estimate of drug-likeness (QED) is 0.0507. The van der Waals surface area contributed by atoms with Gasteiger partial charge in [0.25, 0.3) is 0 Å². The fraction of sp³-hybridized carbons (Fsp3) is 0.290. The van der Waals surface area contributed by atoms with Gasteiger partial charge in [-0.15, -0.1) is 0 Å². The Hall–Kier alpha value is -7.47. The van der Waals surface area contributed by atoms with Crippen LogP contribution < -0.4 is 0 Å². The molecule has 15 atom stereocenters. The van der Waals surface area contributed by atoms with E-state index in [0.29, 0.717) is 66.8 Å². The minimum absolute atomic E-state index is 0.0973. The summed E-state index contributed by atoms with van der Waals surface area (Å²) in [7, 11) is 0. The first-order valence-electron chi connectivity index (χ1n) is 27.2. The van der Waals surface area contributed by atoms with Crippen LogP contribution in [0.25, 0.3) is 90.9 Å². The molecule has 86 heavy (non-hydrogen) atoms. The monoisotopic (exact) mass is 1190 g/mol. The van der Waals surface area contributed by atoms with Crippen molar-refractivity contribution in [1.82, 2.24) is 19.9 Å². The molecular weight excluding hydrogens is 1140 g/mol. The topological polar surface area (TPSA) is 328 Å². The molecule has 12 rings (SSSR count). The third-order valence-electron chi connectivity index (χ3n) is 16.5. The van der Waals surface area contributed by atoms with E-state index in [-0.39, 0.29) is 28.1 Å². The number of benzene rings is 4. The maximum absolute atomic E-state index is 16.4. The Morgan fingerprint density at radius 3 is 0.849 bits per heavy atom. The van der Waals surface area contributed by atoms with E-state index in [1.54, 1.807) is 97.1 Å². The number of fused-ring (bicyclic) bond motifs is 8. The van der Waals surface area contributed by atoms with Crippen molar-refractivity contribution in [3.63, 3.8) is 0 Å². The first-order chi connectivity index (χ1) is 41.3. The van der Waals surface area contributed by atoms with E-state index in [1.165, 1.54) is 24.3 Å². The summed E-state index contributed by atoms with van der Waals surface area (Å²) in [6.07, 6.45) is -15.9. The third kappa shape index (κ3) is 10.0.